The minimum absolute atomic E-state index is 0.0238. The van der Waals surface area contributed by atoms with E-state index in [2.05, 4.69) is 5.32 Å². The van der Waals surface area contributed by atoms with Crippen LogP contribution in [-0.2, 0) is 0 Å². The van der Waals surface area contributed by atoms with Gasteiger partial charge in [0.1, 0.15) is 0 Å². The lowest BCUT2D eigenvalue weighted by Gasteiger charge is -2.38. The highest BCUT2D eigenvalue weighted by molar-refractivity contribution is 8.00. The Labute approximate surface area is 209 Å². The van der Waals surface area contributed by atoms with Gasteiger partial charge in [-0.25, -0.2) is 0 Å². The van der Waals surface area contributed by atoms with Crippen molar-refractivity contribution < 1.29 is 9.85 Å². The van der Waals surface area contributed by atoms with Crippen LogP contribution in [0, 0.1) is 26.1 Å². The third-order valence-electron chi connectivity index (χ3n) is 6.56. The van der Waals surface area contributed by atoms with Gasteiger partial charge in [0.15, 0.2) is 0 Å². The molecule has 1 aliphatic heterocycles. The first-order valence-corrected chi connectivity index (χ1v) is 12.4. The van der Waals surface area contributed by atoms with Crippen molar-refractivity contribution in [2.45, 2.75) is 33.9 Å². The molecule has 3 aromatic rings. The Hall–Kier alpha value is -2.81. The Kier molecular flexibility index (Phi) is 6.14. The van der Waals surface area contributed by atoms with E-state index in [0.29, 0.717) is 16.3 Å². The first kappa shape index (κ1) is 23.0. The number of halogens is 2. The van der Waals surface area contributed by atoms with Crippen molar-refractivity contribution in [1.29, 1.82) is 0 Å². The zero-order chi connectivity index (χ0) is 24.0. The number of nitro groups is 2. The zero-order valence-corrected chi connectivity index (χ0v) is 20.0. The maximum atomic E-state index is 11.5. The monoisotopic (exact) mass is 515 g/mol. The minimum atomic E-state index is -0.399. The van der Waals surface area contributed by atoms with Crippen LogP contribution >= 0.6 is 35.0 Å². The predicted molar refractivity (Wildman–Crippen MR) is 134 cm³/mol. The van der Waals surface area contributed by atoms with Gasteiger partial charge in [-0.15, -0.1) is 23.4 Å². The maximum absolute atomic E-state index is 11.5. The fourth-order valence-corrected chi connectivity index (χ4v) is 7.24. The Morgan fingerprint density at radius 2 is 1.76 bits per heavy atom. The number of para-hydroxylation sites is 1. The van der Waals surface area contributed by atoms with Crippen molar-refractivity contribution in [2.75, 3.05) is 5.32 Å². The second-order valence-corrected chi connectivity index (χ2v) is 10.7. The largest absolute Gasteiger partial charge is 0.378 e. The molecule has 0 unspecified atom stereocenters. The van der Waals surface area contributed by atoms with Crippen LogP contribution in [0.25, 0.3) is 0 Å². The third kappa shape index (κ3) is 4.10. The van der Waals surface area contributed by atoms with Crippen molar-refractivity contribution in [3.05, 3.63) is 103 Å². The van der Waals surface area contributed by atoms with Gasteiger partial charge in [0.2, 0.25) is 0 Å². The molecule has 1 aliphatic carbocycles. The molecule has 1 saturated carbocycles. The normalized spacial score (nSPS) is 25.2. The second-order valence-electron chi connectivity index (χ2n) is 8.46. The molecule has 5 atom stereocenters. The van der Waals surface area contributed by atoms with E-state index >= 15 is 0 Å². The summed E-state index contributed by atoms with van der Waals surface area (Å²) in [5.74, 6) is -0.0445. The highest BCUT2D eigenvalue weighted by Crippen LogP contribution is 2.58. The van der Waals surface area contributed by atoms with Crippen LogP contribution in [0.15, 0.2) is 71.6 Å². The number of benzene rings is 3. The van der Waals surface area contributed by atoms with Gasteiger partial charge in [-0.05, 0) is 47.7 Å². The van der Waals surface area contributed by atoms with E-state index in [-0.39, 0.29) is 44.8 Å². The van der Waals surface area contributed by atoms with Crippen LogP contribution in [0.5, 0.6) is 0 Å². The first-order valence-electron chi connectivity index (χ1n) is 10.7. The lowest BCUT2D eigenvalue weighted by atomic mass is 9.77. The number of hydrogen-bond acceptors (Lipinski definition) is 6. The van der Waals surface area contributed by atoms with Gasteiger partial charge in [-0.2, -0.15) is 0 Å². The number of nitrogens with zero attached hydrogens (tertiary/aromatic N) is 2. The van der Waals surface area contributed by atoms with Gasteiger partial charge in [0.05, 0.1) is 26.2 Å². The van der Waals surface area contributed by atoms with Crippen molar-refractivity contribution in [2.24, 2.45) is 5.92 Å². The van der Waals surface area contributed by atoms with Gasteiger partial charge in [-0.3, -0.25) is 20.2 Å². The van der Waals surface area contributed by atoms with Gasteiger partial charge < -0.3 is 5.32 Å². The van der Waals surface area contributed by atoms with Crippen molar-refractivity contribution in [1.82, 2.24) is 0 Å². The van der Waals surface area contributed by atoms with Gasteiger partial charge in [0.25, 0.3) is 11.4 Å². The summed E-state index contributed by atoms with van der Waals surface area (Å²) < 4.78 is 0. The molecule has 34 heavy (non-hydrogen) atoms. The smallest absolute Gasteiger partial charge is 0.282 e. The number of hydrogen-bond donors (Lipinski definition) is 1. The zero-order valence-electron chi connectivity index (χ0n) is 17.6. The molecule has 0 amide bonds. The minimum Gasteiger partial charge on any atom is -0.378 e. The first-order chi connectivity index (χ1) is 16.3. The number of nitro benzene ring substituents is 2. The molecular formula is C24H19Cl2N3O4S. The molecule has 1 heterocycles. The average molecular weight is 516 g/mol. The molecule has 0 radical (unpaired) electrons. The molecule has 0 saturated heterocycles. The number of thioether (sulfide) groups is 1. The van der Waals surface area contributed by atoms with E-state index in [1.807, 2.05) is 18.2 Å². The quantitative estimate of drug-likeness (QED) is 0.219. The summed E-state index contributed by atoms with van der Waals surface area (Å²) in [7, 11) is 0. The number of fused-ring (bicyclic) bond motifs is 3. The summed E-state index contributed by atoms with van der Waals surface area (Å²) in [6, 6.07) is 18.7. The molecule has 0 bridgehead atoms. The van der Waals surface area contributed by atoms with E-state index in [4.69, 9.17) is 23.2 Å². The van der Waals surface area contributed by atoms with Crippen LogP contribution in [0.4, 0.5) is 17.1 Å². The summed E-state index contributed by atoms with van der Waals surface area (Å²) in [4.78, 5) is 22.7. The summed E-state index contributed by atoms with van der Waals surface area (Å²) in [5, 5.41) is 26.7. The topological polar surface area (TPSA) is 98.3 Å². The average Bonchev–Trinajstić information content (AvgIpc) is 3.15. The second kappa shape index (κ2) is 9.09. The summed E-state index contributed by atoms with van der Waals surface area (Å²) in [5.41, 5.74) is 2.80. The molecule has 0 spiro atoms. The summed E-state index contributed by atoms with van der Waals surface area (Å²) in [6.07, 6.45) is 0.682. The molecule has 174 valence electrons. The standard InChI is InChI=1S/C24H19Cl2N3O4S/c25-14-8-9-18-16(11-14)22-17(24(27-18)13-4-3-5-15(10-13)28(30)31)12-21(23(22)26)34-20-7-2-1-6-19(20)29(32)33/h1-11,17,21-24,27H,12H2/t17-,21-,22+,23-,24+/m1/s1. The third-order valence-corrected chi connectivity index (χ3v) is 8.90. The van der Waals surface area contributed by atoms with E-state index in [1.54, 1.807) is 36.4 Å². The van der Waals surface area contributed by atoms with Crippen LogP contribution in [0.2, 0.25) is 5.02 Å². The van der Waals surface area contributed by atoms with E-state index in [1.165, 1.54) is 23.9 Å². The number of alkyl halides is 1. The van der Waals surface area contributed by atoms with Crippen molar-refractivity contribution in [3.63, 3.8) is 0 Å². The molecule has 3 aromatic carbocycles. The lowest BCUT2D eigenvalue weighted by molar-refractivity contribution is -0.387. The Morgan fingerprint density at radius 1 is 0.971 bits per heavy atom. The van der Waals surface area contributed by atoms with E-state index < -0.39 is 4.92 Å². The summed E-state index contributed by atoms with van der Waals surface area (Å²) >= 11 is 14.8. The van der Waals surface area contributed by atoms with Crippen molar-refractivity contribution >= 4 is 52.0 Å². The van der Waals surface area contributed by atoms with Gasteiger partial charge in [0, 0.05) is 40.1 Å². The number of nitrogens with one attached hydrogen (secondary N) is 1. The Balaban J connectivity index is 1.55. The molecule has 0 aromatic heterocycles. The lowest BCUT2D eigenvalue weighted by Crippen LogP contribution is -2.31. The highest BCUT2D eigenvalue weighted by Gasteiger charge is 2.50. The molecule has 7 nitrogen and oxygen atoms in total. The van der Waals surface area contributed by atoms with Crippen LogP contribution in [-0.4, -0.2) is 20.5 Å². The maximum Gasteiger partial charge on any atom is 0.282 e. The highest BCUT2D eigenvalue weighted by atomic mass is 35.5. The van der Waals surface area contributed by atoms with E-state index in [9.17, 15) is 20.2 Å². The van der Waals surface area contributed by atoms with Gasteiger partial charge in [-0.1, -0.05) is 35.9 Å². The predicted octanol–water partition coefficient (Wildman–Crippen LogP) is 7.20. The van der Waals surface area contributed by atoms with Crippen molar-refractivity contribution in [3.8, 4) is 0 Å². The van der Waals surface area contributed by atoms with Crippen LogP contribution < -0.4 is 5.32 Å². The van der Waals surface area contributed by atoms with Gasteiger partial charge >= 0.3 is 0 Å². The SMILES string of the molecule is O=[N+]([O-])c1cccc([C@@H]2Nc3ccc(Cl)cc3[C@@H]3[C@H](Cl)[C@H](Sc4ccccc4[N+](=O)[O-])C[C@H]32)c1. The Bertz CT molecular complexity index is 1290. The molecule has 1 fully saturated rings. The number of anilines is 1. The molecule has 2 aliphatic rings. The van der Waals surface area contributed by atoms with E-state index in [0.717, 1.165) is 16.8 Å². The van der Waals surface area contributed by atoms with Crippen LogP contribution in [0.3, 0.4) is 0 Å². The fraction of sp³-hybridized carbons (Fsp3) is 0.250. The molecular weight excluding hydrogens is 497 g/mol. The molecule has 5 rings (SSSR count). The molecule has 10 heteroatoms. The Morgan fingerprint density at radius 3 is 2.53 bits per heavy atom. The number of non-ortho nitro benzene ring substituents is 1. The van der Waals surface area contributed by atoms with Crippen LogP contribution in [0.1, 0.15) is 29.5 Å². The summed E-state index contributed by atoms with van der Waals surface area (Å²) in [6.45, 7) is 0. The molecule has 1 N–H and O–H groups in total. The number of rotatable bonds is 5. The fourth-order valence-electron chi connectivity index (χ4n) is 5.12.